The molecule has 0 aliphatic heterocycles. The van der Waals surface area contributed by atoms with E-state index in [2.05, 4.69) is 56.1 Å². The molecule has 0 aliphatic carbocycles. The molecular weight excluding hydrogens is 420 g/mol. The molecule has 0 heterocycles. The molecule has 7 nitrogen and oxygen atoms in total. The number of hydrogen-bond donors (Lipinski definition) is 1. The van der Waals surface area contributed by atoms with Gasteiger partial charge in [0.2, 0.25) is 0 Å². The Hall–Kier alpha value is -2.02. The van der Waals surface area contributed by atoms with Gasteiger partial charge in [0.1, 0.15) is 5.60 Å². The van der Waals surface area contributed by atoms with E-state index in [1.54, 1.807) is 0 Å². The van der Waals surface area contributed by atoms with Gasteiger partial charge < -0.3 is 14.5 Å². The summed E-state index contributed by atoms with van der Waals surface area (Å²) in [6, 6.07) is 9.05. The van der Waals surface area contributed by atoms with Gasteiger partial charge in [-0.15, -0.1) is 0 Å². The first-order chi connectivity index (χ1) is 14.6. The molecule has 0 saturated carbocycles. The van der Waals surface area contributed by atoms with E-state index in [0.29, 0.717) is 19.4 Å². The van der Waals surface area contributed by atoms with Crippen molar-refractivity contribution in [3.63, 3.8) is 0 Å². The van der Waals surface area contributed by atoms with Gasteiger partial charge in [0.05, 0.1) is 6.04 Å². The number of rotatable bonds is 10. The Balaban J connectivity index is 2.99. The second-order valence-electron chi connectivity index (χ2n) is 11.1. The highest BCUT2D eigenvalue weighted by molar-refractivity contribution is 6.74. The van der Waals surface area contributed by atoms with Crippen molar-refractivity contribution in [3.05, 3.63) is 46.3 Å². The maximum absolute atomic E-state index is 12.5. The number of ether oxygens (including phenoxy) is 1. The topological polar surface area (TPSA) is 96.3 Å². The van der Waals surface area contributed by atoms with E-state index >= 15 is 0 Å². The SMILES string of the molecule is C[C@@H](CO[Si](C)(C)C(C)(C)C)C[C@H](N=[N+]=[N-])[C@H](Cc1ccccc1)NC(=O)OC(C)(C)C. The fourth-order valence-electron chi connectivity index (χ4n) is 3.02. The van der Waals surface area contributed by atoms with E-state index < -0.39 is 32.1 Å². The number of nitrogens with one attached hydrogen (secondary N) is 1. The minimum Gasteiger partial charge on any atom is -0.444 e. The summed E-state index contributed by atoms with van der Waals surface area (Å²) in [7, 11) is -1.87. The molecule has 0 aliphatic rings. The molecule has 180 valence electrons. The number of alkyl carbamates (subject to hydrolysis) is 1. The second-order valence-corrected chi connectivity index (χ2v) is 15.9. The molecule has 0 unspecified atom stereocenters. The number of amides is 1. The quantitative estimate of drug-likeness (QED) is 0.178. The van der Waals surface area contributed by atoms with Gasteiger partial charge in [-0.2, -0.15) is 0 Å². The first kappa shape index (κ1) is 28.0. The highest BCUT2D eigenvalue weighted by Crippen LogP contribution is 2.37. The smallest absolute Gasteiger partial charge is 0.407 e. The molecule has 1 N–H and O–H groups in total. The highest BCUT2D eigenvalue weighted by atomic mass is 28.4. The first-order valence-electron chi connectivity index (χ1n) is 11.4. The van der Waals surface area contributed by atoms with Crippen molar-refractivity contribution in [1.82, 2.24) is 5.32 Å². The first-order valence-corrected chi connectivity index (χ1v) is 14.3. The van der Waals surface area contributed by atoms with E-state index in [-0.39, 0.29) is 11.0 Å². The van der Waals surface area contributed by atoms with Gasteiger partial charge in [-0.05, 0) is 68.8 Å². The van der Waals surface area contributed by atoms with E-state index in [1.807, 2.05) is 51.1 Å². The van der Waals surface area contributed by atoms with Gasteiger partial charge in [0.15, 0.2) is 8.32 Å². The summed E-state index contributed by atoms with van der Waals surface area (Å²) in [5.74, 6) is 0.165. The van der Waals surface area contributed by atoms with E-state index in [9.17, 15) is 10.3 Å². The summed E-state index contributed by atoms with van der Waals surface area (Å²) in [6.45, 7) is 19.3. The molecule has 0 radical (unpaired) electrons. The summed E-state index contributed by atoms with van der Waals surface area (Å²) in [6.07, 6.45) is 0.632. The van der Waals surface area contributed by atoms with E-state index in [0.717, 1.165) is 5.56 Å². The van der Waals surface area contributed by atoms with Crippen molar-refractivity contribution in [2.75, 3.05) is 6.61 Å². The summed E-state index contributed by atoms with van der Waals surface area (Å²) in [5, 5.41) is 7.15. The molecule has 1 aromatic rings. The third-order valence-electron chi connectivity index (χ3n) is 5.84. The molecular formula is C24H42N4O3Si. The second kappa shape index (κ2) is 11.7. The van der Waals surface area contributed by atoms with Crippen LogP contribution in [0.1, 0.15) is 60.5 Å². The van der Waals surface area contributed by atoms with Crippen LogP contribution >= 0.6 is 0 Å². The molecule has 0 saturated heterocycles. The zero-order valence-electron chi connectivity index (χ0n) is 21.3. The van der Waals surface area contributed by atoms with E-state index in [4.69, 9.17) is 9.16 Å². The fourth-order valence-corrected chi connectivity index (χ4v) is 4.15. The van der Waals surface area contributed by atoms with Crippen molar-refractivity contribution < 1.29 is 14.0 Å². The van der Waals surface area contributed by atoms with Crippen LogP contribution in [-0.2, 0) is 15.6 Å². The van der Waals surface area contributed by atoms with Crippen LogP contribution in [0.15, 0.2) is 35.4 Å². The Kier molecular flexibility index (Phi) is 10.3. The Morgan fingerprint density at radius 1 is 1.16 bits per heavy atom. The number of nitrogens with zero attached hydrogens (tertiary/aromatic N) is 3. The molecule has 0 bridgehead atoms. The average Bonchev–Trinajstić information content (AvgIpc) is 2.64. The van der Waals surface area contributed by atoms with Crippen molar-refractivity contribution in [2.45, 2.75) is 97.1 Å². The highest BCUT2D eigenvalue weighted by Gasteiger charge is 2.37. The standard InChI is InChI=1S/C24H42N4O3Si/c1-18(17-30-32(8,9)24(5,6)7)15-21(27-28-25)20(16-19-13-11-10-12-14-19)26-22(29)31-23(2,3)4/h10-14,18,20-21H,15-17H2,1-9H3,(H,26,29)/t18-,20+,21+/m1/s1. The Labute approximate surface area is 195 Å². The van der Waals surface area contributed by atoms with Gasteiger partial charge in [0.25, 0.3) is 0 Å². The van der Waals surface area contributed by atoms with Gasteiger partial charge in [-0.3, -0.25) is 0 Å². The molecule has 32 heavy (non-hydrogen) atoms. The number of carbonyl (C=O) groups is 1. The normalized spacial score (nSPS) is 15.3. The summed E-state index contributed by atoms with van der Waals surface area (Å²) in [4.78, 5) is 15.6. The van der Waals surface area contributed by atoms with Crippen LogP contribution in [0.2, 0.25) is 18.1 Å². The number of azide groups is 1. The Morgan fingerprint density at radius 3 is 2.25 bits per heavy atom. The summed E-state index contributed by atoms with van der Waals surface area (Å²) in [5.41, 5.74) is 9.68. The van der Waals surface area contributed by atoms with Crippen molar-refractivity contribution in [1.29, 1.82) is 0 Å². The van der Waals surface area contributed by atoms with Crippen LogP contribution in [0.25, 0.3) is 10.4 Å². The molecule has 1 rings (SSSR count). The van der Waals surface area contributed by atoms with Crippen LogP contribution in [0.5, 0.6) is 0 Å². The minimum atomic E-state index is -1.87. The van der Waals surface area contributed by atoms with Crippen LogP contribution in [-0.4, -0.2) is 38.7 Å². The molecule has 3 atom stereocenters. The predicted molar refractivity (Wildman–Crippen MR) is 133 cm³/mol. The van der Waals surface area contributed by atoms with Gasteiger partial charge in [-0.25, -0.2) is 4.79 Å². The largest absolute Gasteiger partial charge is 0.444 e. The summed E-state index contributed by atoms with van der Waals surface area (Å²) >= 11 is 0. The number of hydrogen-bond acceptors (Lipinski definition) is 4. The Morgan fingerprint density at radius 2 is 1.75 bits per heavy atom. The van der Waals surface area contributed by atoms with Crippen molar-refractivity contribution >= 4 is 14.4 Å². The van der Waals surface area contributed by atoms with Gasteiger partial charge in [0, 0.05) is 17.6 Å². The molecule has 1 amide bonds. The van der Waals surface area contributed by atoms with Crippen LogP contribution in [0, 0.1) is 5.92 Å². The maximum atomic E-state index is 12.5. The zero-order valence-corrected chi connectivity index (χ0v) is 22.3. The molecule has 8 heteroatoms. The third-order valence-corrected chi connectivity index (χ3v) is 10.3. The monoisotopic (exact) mass is 462 g/mol. The Bertz CT molecular complexity index is 766. The lowest BCUT2D eigenvalue weighted by Gasteiger charge is -2.37. The maximum Gasteiger partial charge on any atom is 0.407 e. The van der Waals surface area contributed by atoms with E-state index in [1.165, 1.54) is 0 Å². The predicted octanol–water partition coefficient (Wildman–Crippen LogP) is 6.85. The van der Waals surface area contributed by atoms with Gasteiger partial charge in [-0.1, -0.05) is 63.1 Å². The lowest BCUT2D eigenvalue weighted by atomic mass is 9.93. The molecule has 0 aromatic heterocycles. The lowest BCUT2D eigenvalue weighted by Crippen LogP contribution is -2.47. The van der Waals surface area contributed by atoms with Gasteiger partial charge >= 0.3 is 6.09 Å². The number of carbonyl (C=O) groups excluding carboxylic acids is 1. The summed E-state index contributed by atoms with van der Waals surface area (Å²) < 4.78 is 11.8. The number of benzene rings is 1. The molecule has 1 aromatic carbocycles. The van der Waals surface area contributed by atoms with Crippen LogP contribution in [0.3, 0.4) is 0 Å². The van der Waals surface area contributed by atoms with Crippen molar-refractivity contribution in [2.24, 2.45) is 11.0 Å². The fraction of sp³-hybridized carbons (Fsp3) is 0.708. The van der Waals surface area contributed by atoms with Crippen LogP contribution in [0.4, 0.5) is 4.79 Å². The molecule has 0 spiro atoms. The minimum absolute atomic E-state index is 0.130. The lowest BCUT2D eigenvalue weighted by molar-refractivity contribution is 0.0493. The zero-order chi connectivity index (χ0) is 24.6. The van der Waals surface area contributed by atoms with Crippen molar-refractivity contribution in [3.8, 4) is 0 Å². The average molecular weight is 463 g/mol. The third kappa shape index (κ3) is 10.1. The molecule has 0 fully saturated rings. The van der Waals surface area contributed by atoms with Crippen LogP contribution < -0.4 is 5.32 Å².